The van der Waals surface area contributed by atoms with Crippen LogP contribution in [0.5, 0.6) is 0 Å². The van der Waals surface area contributed by atoms with Crippen LogP contribution in [0.1, 0.15) is 43.8 Å². The fourth-order valence-corrected chi connectivity index (χ4v) is 2.81. The number of rotatable bonds is 4. The van der Waals surface area contributed by atoms with E-state index in [-0.39, 0.29) is 17.9 Å². The maximum Gasteiger partial charge on any atom is 0.310 e. The first-order valence-corrected chi connectivity index (χ1v) is 7.29. The van der Waals surface area contributed by atoms with Crippen molar-refractivity contribution in [3.8, 4) is 0 Å². The fourth-order valence-electron chi connectivity index (χ4n) is 2.81. The van der Waals surface area contributed by atoms with E-state index in [4.69, 9.17) is 4.74 Å². The zero-order valence-electron chi connectivity index (χ0n) is 12.6. The van der Waals surface area contributed by atoms with Gasteiger partial charge in [0.25, 0.3) is 0 Å². The molecular weight excluding hydrogens is 256 g/mol. The molecule has 0 amide bonds. The second-order valence-corrected chi connectivity index (χ2v) is 5.48. The van der Waals surface area contributed by atoms with Crippen LogP contribution in [0.3, 0.4) is 0 Å². The van der Waals surface area contributed by atoms with Crippen molar-refractivity contribution in [3.05, 3.63) is 11.6 Å². The standard InChI is InChI=1S/C14H24N4O2/c1-10-16-17-13(18(10)2)9-15-12-8-6-4-5-7-11(12)14(19)20-3/h11-12,15H,4-9H2,1-3H3/t11-,12-/m1/s1. The highest BCUT2D eigenvalue weighted by molar-refractivity contribution is 5.73. The lowest BCUT2D eigenvalue weighted by molar-refractivity contribution is -0.146. The first-order chi connectivity index (χ1) is 9.63. The number of nitrogens with zero attached hydrogens (tertiary/aromatic N) is 3. The summed E-state index contributed by atoms with van der Waals surface area (Å²) in [6, 6.07) is 0.168. The number of aromatic nitrogens is 3. The molecule has 0 aliphatic heterocycles. The predicted molar refractivity (Wildman–Crippen MR) is 75.0 cm³/mol. The highest BCUT2D eigenvalue weighted by atomic mass is 16.5. The number of carbonyl (C=O) groups is 1. The first-order valence-electron chi connectivity index (χ1n) is 7.29. The Kier molecular flexibility index (Phi) is 5.11. The summed E-state index contributed by atoms with van der Waals surface area (Å²) in [7, 11) is 3.42. The average Bonchev–Trinajstić information content (AvgIpc) is 2.68. The van der Waals surface area contributed by atoms with Gasteiger partial charge in [0.15, 0.2) is 0 Å². The molecule has 1 fully saturated rings. The van der Waals surface area contributed by atoms with E-state index in [1.807, 2.05) is 18.5 Å². The summed E-state index contributed by atoms with van der Waals surface area (Å²) in [5.74, 6) is 1.65. The second kappa shape index (κ2) is 6.83. The Balaban J connectivity index is 2.00. The largest absolute Gasteiger partial charge is 0.469 e. The van der Waals surface area contributed by atoms with Crippen molar-refractivity contribution in [2.45, 2.75) is 51.6 Å². The molecule has 0 unspecified atom stereocenters. The molecule has 0 saturated heterocycles. The van der Waals surface area contributed by atoms with E-state index in [9.17, 15) is 4.79 Å². The quantitative estimate of drug-likeness (QED) is 0.665. The van der Waals surface area contributed by atoms with Crippen LogP contribution in [-0.4, -0.2) is 33.9 Å². The minimum Gasteiger partial charge on any atom is -0.469 e. The number of methoxy groups -OCH3 is 1. The van der Waals surface area contributed by atoms with Crippen molar-refractivity contribution in [1.82, 2.24) is 20.1 Å². The van der Waals surface area contributed by atoms with Crippen molar-refractivity contribution in [3.63, 3.8) is 0 Å². The lowest BCUT2D eigenvalue weighted by Gasteiger charge is -2.24. The number of carbonyl (C=O) groups excluding carboxylic acids is 1. The monoisotopic (exact) mass is 280 g/mol. The van der Waals surface area contributed by atoms with Gasteiger partial charge in [-0.2, -0.15) is 0 Å². The van der Waals surface area contributed by atoms with Crippen molar-refractivity contribution in [1.29, 1.82) is 0 Å². The molecule has 1 aliphatic rings. The topological polar surface area (TPSA) is 69.0 Å². The molecule has 0 radical (unpaired) electrons. The maximum absolute atomic E-state index is 11.9. The molecular formula is C14H24N4O2. The van der Waals surface area contributed by atoms with Crippen LogP contribution in [0.25, 0.3) is 0 Å². The van der Waals surface area contributed by atoms with Crippen LogP contribution in [0.15, 0.2) is 0 Å². The Bertz CT molecular complexity index is 458. The summed E-state index contributed by atoms with van der Waals surface area (Å²) in [5, 5.41) is 11.7. The van der Waals surface area contributed by atoms with Crippen molar-refractivity contribution in [2.24, 2.45) is 13.0 Å². The summed E-state index contributed by atoms with van der Waals surface area (Å²) in [6.45, 7) is 2.56. The van der Waals surface area contributed by atoms with E-state index < -0.39 is 0 Å². The van der Waals surface area contributed by atoms with Gasteiger partial charge in [-0.3, -0.25) is 4.79 Å². The maximum atomic E-state index is 11.9. The normalized spacial score (nSPS) is 23.4. The second-order valence-electron chi connectivity index (χ2n) is 5.48. The third kappa shape index (κ3) is 3.36. The Morgan fingerprint density at radius 2 is 2.10 bits per heavy atom. The molecule has 20 heavy (non-hydrogen) atoms. The summed E-state index contributed by atoms with van der Waals surface area (Å²) in [6.07, 6.45) is 5.36. The van der Waals surface area contributed by atoms with Gasteiger partial charge in [0, 0.05) is 13.1 Å². The molecule has 1 aromatic rings. The van der Waals surface area contributed by atoms with Gasteiger partial charge in [-0.05, 0) is 19.8 Å². The molecule has 6 heteroatoms. The number of ether oxygens (including phenoxy) is 1. The van der Waals surface area contributed by atoms with Gasteiger partial charge >= 0.3 is 5.97 Å². The van der Waals surface area contributed by atoms with Gasteiger partial charge < -0.3 is 14.6 Å². The Morgan fingerprint density at radius 1 is 1.35 bits per heavy atom. The van der Waals surface area contributed by atoms with Gasteiger partial charge in [-0.15, -0.1) is 10.2 Å². The SMILES string of the molecule is COC(=O)[C@@H]1CCCCC[C@H]1NCc1nnc(C)n1C. The summed E-state index contributed by atoms with van der Waals surface area (Å²) in [4.78, 5) is 11.9. The molecule has 6 nitrogen and oxygen atoms in total. The van der Waals surface area contributed by atoms with Gasteiger partial charge in [-0.1, -0.05) is 19.3 Å². The smallest absolute Gasteiger partial charge is 0.310 e. The van der Waals surface area contributed by atoms with E-state index in [0.29, 0.717) is 6.54 Å². The van der Waals surface area contributed by atoms with Crippen LogP contribution in [0, 0.1) is 12.8 Å². The summed E-state index contributed by atoms with van der Waals surface area (Å²) < 4.78 is 6.91. The first kappa shape index (κ1) is 15.0. The molecule has 1 N–H and O–H groups in total. The molecule has 0 spiro atoms. The predicted octanol–water partition coefficient (Wildman–Crippen LogP) is 1.34. The zero-order chi connectivity index (χ0) is 14.5. The lowest BCUT2D eigenvalue weighted by atomic mass is 9.95. The number of hydrogen-bond donors (Lipinski definition) is 1. The molecule has 1 saturated carbocycles. The minimum atomic E-state index is -0.0986. The highest BCUT2D eigenvalue weighted by Crippen LogP contribution is 2.24. The Labute approximate surface area is 119 Å². The van der Waals surface area contributed by atoms with E-state index in [2.05, 4.69) is 15.5 Å². The third-order valence-corrected chi connectivity index (χ3v) is 4.22. The van der Waals surface area contributed by atoms with Crippen LogP contribution in [-0.2, 0) is 23.1 Å². The average molecular weight is 280 g/mol. The lowest BCUT2D eigenvalue weighted by Crippen LogP contribution is -2.40. The molecule has 1 heterocycles. The van der Waals surface area contributed by atoms with Crippen molar-refractivity contribution >= 4 is 5.97 Å². The molecule has 0 bridgehead atoms. The molecule has 1 aromatic heterocycles. The van der Waals surface area contributed by atoms with E-state index in [1.54, 1.807) is 0 Å². The van der Waals surface area contributed by atoms with Crippen molar-refractivity contribution < 1.29 is 9.53 Å². The fraction of sp³-hybridized carbons (Fsp3) is 0.786. The number of nitrogens with one attached hydrogen (secondary N) is 1. The number of esters is 1. The molecule has 112 valence electrons. The molecule has 2 atom stereocenters. The van der Waals surface area contributed by atoms with E-state index in [1.165, 1.54) is 13.5 Å². The van der Waals surface area contributed by atoms with Gasteiger partial charge in [-0.25, -0.2) is 0 Å². The van der Waals surface area contributed by atoms with Gasteiger partial charge in [0.05, 0.1) is 19.6 Å². The third-order valence-electron chi connectivity index (χ3n) is 4.22. The Morgan fingerprint density at radius 3 is 2.75 bits per heavy atom. The molecule has 1 aliphatic carbocycles. The van der Waals surface area contributed by atoms with Crippen LogP contribution < -0.4 is 5.32 Å². The minimum absolute atomic E-state index is 0.0446. The molecule has 0 aromatic carbocycles. The number of aryl methyl sites for hydroxylation is 1. The van der Waals surface area contributed by atoms with Crippen molar-refractivity contribution in [2.75, 3.05) is 7.11 Å². The zero-order valence-corrected chi connectivity index (χ0v) is 12.6. The van der Waals surface area contributed by atoms with Crippen LogP contribution in [0.4, 0.5) is 0 Å². The van der Waals surface area contributed by atoms with Gasteiger partial charge in [0.1, 0.15) is 11.6 Å². The van der Waals surface area contributed by atoms with Crippen LogP contribution >= 0.6 is 0 Å². The molecule has 2 rings (SSSR count). The summed E-state index contributed by atoms with van der Waals surface area (Å²) in [5.41, 5.74) is 0. The van der Waals surface area contributed by atoms with E-state index in [0.717, 1.165) is 37.3 Å². The summed E-state index contributed by atoms with van der Waals surface area (Å²) >= 11 is 0. The van der Waals surface area contributed by atoms with E-state index >= 15 is 0 Å². The van der Waals surface area contributed by atoms with Crippen LogP contribution in [0.2, 0.25) is 0 Å². The van der Waals surface area contributed by atoms with Gasteiger partial charge in [0.2, 0.25) is 0 Å². The highest BCUT2D eigenvalue weighted by Gasteiger charge is 2.30. The number of hydrogen-bond acceptors (Lipinski definition) is 5. The Hall–Kier alpha value is -1.43.